The van der Waals surface area contributed by atoms with Crippen LogP contribution in [-0.2, 0) is 0 Å². The second kappa shape index (κ2) is 4.44. The zero-order chi connectivity index (χ0) is 9.84. The molecule has 1 aromatic rings. The van der Waals surface area contributed by atoms with Gasteiger partial charge in [-0.1, -0.05) is 24.9 Å². The van der Waals surface area contributed by atoms with Gasteiger partial charge in [-0.2, -0.15) is 0 Å². The molecule has 0 aliphatic carbocycles. The molecular formula is C9H14ClN3. The number of rotatable bonds is 3. The molecule has 0 aliphatic rings. The number of aromatic nitrogens is 1. The van der Waals surface area contributed by atoms with Crippen LogP contribution in [0.1, 0.15) is 31.4 Å². The fraction of sp³-hybridized carbons (Fsp3) is 0.444. The number of nitrogen functional groups attached to an aromatic ring is 1. The molecule has 3 nitrogen and oxygen atoms in total. The van der Waals surface area contributed by atoms with Gasteiger partial charge in [0.05, 0.1) is 5.02 Å². The molecule has 4 heteroatoms. The van der Waals surface area contributed by atoms with E-state index >= 15 is 0 Å². The predicted molar refractivity (Wildman–Crippen MR) is 55.5 cm³/mol. The van der Waals surface area contributed by atoms with Crippen LogP contribution in [0.5, 0.6) is 0 Å². The monoisotopic (exact) mass is 199 g/mol. The molecular weight excluding hydrogens is 186 g/mol. The van der Waals surface area contributed by atoms with E-state index in [1.54, 1.807) is 6.07 Å². The molecule has 0 radical (unpaired) electrons. The molecule has 4 N–H and O–H groups in total. The lowest BCUT2D eigenvalue weighted by atomic mass is 10.0. The van der Waals surface area contributed by atoms with E-state index in [1.807, 2.05) is 0 Å². The van der Waals surface area contributed by atoms with Crippen LogP contribution in [0.4, 0.5) is 5.82 Å². The summed E-state index contributed by atoms with van der Waals surface area (Å²) in [6.45, 7) is 2.08. The SMILES string of the molecule is CCC[C@@H](N)c1cc(Cl)cnc1N. The zero-order valence-electron chi connectivity index (χ0n) is 7.63. The van der Waals surface area contributed by atoms with E-state index in [1.165, 1.54) is 6.20 Å². The zero-order valence-corrected chi connectivity index (χ0v) is 8.38. The van der Waals surface area contributed by atoms with E-state index in [9.17, 15) is 0 Å². The third-order valence-corrected chi connectivity index (χ3v) is 2.12. The van der Waals surface area contributed by atoms with Crippen LogP contribution >= 0.6 is 11.6 Å². The van der Waals surface area contributed by atoms with Gasteiger partial charge in [0.2, 0.25) is 0 Å². The standard InChI is InChI=1S/C9H14ClN3/c1-2-3-8(11)7-4-6(10)5-13-9(7)12/h4-5,8H,2-3,11H2,1H3,(H2,12,13)/t8-/m1/s1. The molecule has 0 unspecified atom stereocenters. The topological polar surface area (TPSA) is 64.9 Å². The number of halogens is 1. The Labute approximate surface area is 83.1 Å². The highest BCUT2D eigenvalue weighted by molar-refractivity contribution is 6.30. The second-order valence-electron chi connectivity index (χ2n) is 3.02. The van der Waals surface area contributed by atoms with Crippen LogP contribution in [0.3, 0.4) is 0 Å². The number of hydrogen-bond acceptors (Lipinski definition) is 3. The summed E-state index contributed by atoms with van der Waals surface area (Å²) in [5.74, 6) is 0.477. The quantitative estimate of drug-likeness (QED) is 0.784. The van der Waals surface area contributed by atoms with Crippen molar-refractivity contribution in [1.82, 2.24) is 4.98 Å². The van der Waals surface area contributed by atoms with Gasteiger partial charge in [-0.3, -0.25) is 0 Å². The molecule has 1 heterocycles. The second-order valence-corrected chi connectivity index (χ2v) is 3.46. The van der Waals surface area contributed by atoms with Crippen molar-refractivity contribution in [1.29, 1.82) is 0 Å². The largest absolute Gasteiger partial charge is 0.383 e. The van der Waals surface area contributed by atoms with E-state index in [4.69, 9.17) is 23.1 Å². The van der Waals surface area contributed by atoms with E-state index < -0.39 is 0 Å². The molecule has 0 fully saturated rings. The summed E-state index contributed by atoms with van der Waals surface area (Å²) in [4.78, 5) is 3.95. The summed E-state index contributed by atoms with van der Waals surface area (Å²) in [5, 5.41) is 0.579. The minimum absolute atomic E-state index is 0.0591. The Morgan fingerprint density at radius 3 is 2.92 bits per heavy atom. The van der Waals surface area contributed by atoms with Gasteiger partial charge in [0.15, 0.2) is 0 Å². The molecule has 0 bridgehead atoms. The Balaban J connectivity index is 2.91. The van der Waals surface area contributed by atoms with E-state index in [0.717, 1.165) is 18.4 Å². The molecule has 72 valence electrons. The normalized spacial score (nSPS) is 12.8. The minimum Gasteiger partial charge on any atom is -0.383 e. The highest BCUT2D eigenvalue weighted by Gasteiger charge is 2.09. The lowest BCUT2D eigenvalue weighted by molar-refractivity contribution is 0.638. The lowest BCUT2D eigenvalue weighted by Gasteiger charge is -2.12. The third kappa shape index (κ3) is 2.57. The smallest absolute Gasteiger partial charge is 0.128 e. The summed E-state index contributed by atoms with van der Waals surface area (Å²) < 4.78 is 0. The van der Waals surface area contributed by atoms with Crippen molar-refractivity contribution in [3.8, 4) is 0 Å². The molecule has 0 amide bonds. The van der Waals surface area contributed by atoms with Crippen LogP contribution in [-0.4, -0.2) is 4.98 Å². The lowest BCUT2D eigenvalue weighted by Crippen LogP contribution is -2.12. The van der Waals surface area contributed by atoms with E-state index in [2.05, 4.69) is 11.9 Å². The Hall–Kier alpha value is -0.800. The average molecular weight is 200 g/mol. The molecule has 0 aliphatic heterocycles. The van der Waals surface area contributed by atoms with Crippen molar-refractivity contribution in [3.05, 3.63) is 22.8 Å². The van der Waals surface area contributed by atoms with Crippen molar-refractivity contribution in [3.63, 3.8) is 0 Å². The first-order valence-corrected chi connectivity index (χ1v) is 4.69. The minimum atomic E-state index is -0.0591. The van der Waals surface area contributed by atoms with Crippen LogP contribution < -0.4 is 11.5 Å². The first-order valence-electron chi connectivity index (χ1n) is 4.31. The molecule has 1 aromatic heterocycles. The summed E-state index contributed by atoms with van der Waals surface area (Å²) >= 11 is 5.79. The van der Waals surface area contributed by atoms with Crippen LogP contribution in [0.25, 0.3) is 0 Å². The number of anilines is 1. The van der Waals surface area contributed by atoms with Crippen LogP contribution in [0, 0.1) is 0 Å². The maximum absolute atomic E-state index is 5.90. The van der Waals surface area contributed by atoms with Crippen molar-refractivity contribution >= 4 is 17.4 Å². The highest BCUT2D eigenvalue weighted by atomic mass is 35.5. The van der Waals surface area contributed by atoms with Crippen molar-refractivity contribution in [2.75, 3.05) is 5.73 Å². The Bertz CT molecular complexity index is 288. The average Bonchev–Trinajstić information content (AvgIpc) is 2.09. The van der Waals surface area contributed by atoms with E-state index in [-0.39, 0.29) is 6.04 Å². The summed E-state index contributed by atoms with van der Waals surface area (Å²) in [6.07, 6.45) is 3.44. The van der Waals surface area contributed by atoms with Gasteiger partial charge in [0.1, 0.15) is 5.82 Å². The van der Waals surface area contributed by atoms with Crippen molar-refractivity contribution in [2.24, 2.45) is 5.73 Å². The number of nitrogens with zero attached hydrogens (tertiary/aromatic N) is 1. The van der Waals surface area contributed by atoms with Crippen LogP contribution in [0.2, 0.25) is 5.02 Å². The Morgan fingerprint density at radius 1 is 1.62 bits per heavy atom. The predicted octanol–water partition coefficient (Wildman–Crippen LogP) is 2.12. The number of pyridine rings is 1. The Morgan fingerprint density at radius 2 is 2.31 bits per heavy atom. The molecule has 1 atom stereocenters. The molecule has 0 saturated carbocycles. The molecule has 1 rings (SSSR count). The third-order valence-electron chi connectivity index (χ3n) is 1.92. The van der Waals surface area contributed by atoms with Gasteiger partial charge in [-0.15, -0.1) is 0 Å². The first-order chi connectivity index (χ1) is 6.15. The number of nitrogens with two attached hydrogens (primary N) is 2. The van der Waals surface area contributed by atoms with Gasteiger partial charge in [0.25, 0.3) is 0 Å². The summed E-state index contributed by atoms with van der Waals surface area (Å²) in [6, 6.07) is 1.72. The molecule has 13 heavy (non-hydrogen) atoms. The van der Waals surface area contributed by atoms with Gasteiger partial charge in [-0.25, -0.2) is 4.98 Å². The maximum atomic E-state index is 5.90. The molecule has 0 spiro atoms. The van der Waals surface area contributed by atoms with Gasteiger partial charge in [0, 0.05) is 17.8 Å². The van der Waals surface area contributed by atoms with E-state index in [0.29, 0.717) is 10.8 Å². The number of hydrogen-bond donors (Lipinski definition) is 2. The molecule has 0 saturated heterocycles. The first kappa shape index (κ1) is 10.3. The highest BCUT2D eigenvalue weighted by Crippen LogP contribution is 2.23. The van der Waals surface area contributed by atoms with Gasteiger partial charge < -0.3 is 11.5 Å². The van der Waals surface area contributed by atoms with Gasteiger partial charge >= 0.3 is 0 Å². The summed E-state index contributed by atoms with van der Waals surface area (Å²) in [7, 11) is 0. The molecule has 0 aromatic carbocycles. The van der Waals surface area contributed by atoms with Crippen LogP contribution in [0.15, 0.2) is 12.3 Å². The van der Waals surface area contributed by atoms with Crippen molar-refractivity contribution in [2.45, 2.75) is 25.8 Å². The van der Waals surface area contributed by atoms with Crippen molar-refractivity contribution < 1.29 is 0 Å². The summed E-state index contributed by atoms with van der Waals surface area (Å²) in [5.41, 5.74) is 12.4. The maximum Gasteiger partial charge on any atom is 0.128 e. The Kier molecular flexibility index (Phi) is 3.51. The van der Waals surface area contributed by atoms with Gasteiger partial charge in [-0.05, 0) is 12.5 Å². The fourth-order valence-electron chi connectivity index (χ4n) is 1.23. The fourth-order valence-corrected chi connectivity index (χ4v) is 1.40.